The molecule has 0 heterocycles. The zero-order valence-electron chi connectivity index (χ0n) is 11.2. The summed E-state index contributed by atoms with van der Waals surface area (Å²) in [5.41, 5.74) is 2.38. The Hall–Kier alpha value is -2.46. The normalized spacial score (nSPS) is 11.3. The van der Waals surface area contributed by atoms with Crippen LogP contribution in [0, 0.1) is 10.1 Å². The van der Waals surface area contributed by atoms with Crippen molar-refractivity contribution in [3.05, 3.63) is 81.4 Å². The number of hydrogen-bond acceptors (Lipinski definition) is 3. The van der Waals surface area contributed by atoms with Gasteiger partial charge >= 0.3 is 0 Å². The Morgan fingerprint density at radius 3 is 2.45 bits per heavy atom. The lowest BCUT2D eigenvalue weighted by Gasteiger charge is -2.05. The lowest BCUT2D eigenvalue weighted by Crippen LogP contribution is -1.99. The zero-order valence-corrected chi connectivity index (χ0v) is 11.2. The van der Waals surface area contributed by atoms with E-state index in [1.807, 2.05) is 30.3 Å². The first-order valence-electron chi connectivity index (χ1n) is 6.20. The topological polar surface area (TPSA) is 52.4 Å². The third-order valence-corrected chi connectivity index (χ3v) is 2.91. The van der Waals surface area contributed by atoms with Crippen LogP contribution in [-0.2, 0) is 11.3 Å². The summed E-state index contributed by atoms with van der Waals surface area (Å²) in [7, 11) is 1.60. The van der Waals surface area contributed by atoms with Gasteiger partial charge in [-0.1, -0.05) is 42.5 Å². The molecule has 102 valence electrons. The Balaban J connectivity index is 2.47. The number of nitrogens with zero attached hydrogens (tertiary/aromatic N) is 1. The summed E-state index contributed by atoms with van der Waals surface area (Å²) in [4.78, 5) is 10.9. The Labute approximate surface area is 117 Å². The van der Waals surface area contributed by atoms with Gasteiger partial charge in [0.15, 0.2) is 0 Å². The highest BCUT2D eigenvalue weighted by atomic mass is 16.6. The Kier molecular flexibility index (Phi) is 4.63. The van der Waals surface area contributed by atoms with Crippen LogP contribution in [0.3, 0.4) is 0 Å². The highest BCUT2D eigenvalue weighted by Gasteiger charge is 2.14. The number of hydrogen-bond donors (Lipinski definition) is 0. The van der Waals surface area contributed by atoms with Crippen LogP contribution in [-0.4, -0.2) is 12.0 Å². The number of rotatable bonds is 5. The zero-order chi connectivity index (χ0) is 14.4. The number of benzene rings is 2. The van der Waals surface area contributed by atoms with E-state index < -0.39 is 0 Å². The molecule has 0 amide bonds. The SMILES string of the molecule is COCc1ccccc1C=C(c1ccccc1)[N+](=O)[O-]. The van der Waals surface area contributed by atoms with E-state index in [9.17, 15) is 10.1 Å². The third kappa shape index (κ3) is 3.30. The van der Waals surface area contributed by atoms with Gasteiger partial charge in [-0.3, -0.25) is 10.1 Å². The van der Waals surface area contributed by atoms with Crippen LogP contribution in [0.25, 0.3) is 11.8 Å². The summed E-state index contributed by atoms with van der Waals surface area (Å²) in [6.45, 7) is 0.423. The molecule has 0 radical (unpaired) electrons. The molecule has 2 aromatic rings. The van der Waals surface area contributed by atoms with Crippen molar-refractivity contribution in [3.63, 3.8) is 0 Å². The maximum Gasteiger partial charge on any atom is 0.277 e. The van der Waals surface area contributed by atoms with Crippen LogP contribution in [0.1, 0.15) is 16.7 Å². The molecule has 0 saturated heterocycles. The summed E-state index contributed by atoms with van der Waals surface area (Å²) >= 11 is 0. The fourth-order valence-electron chi connectivity index (χ4n) is 1.96. The molecule has 0 aliphatic rings. The second kappa shape index (κ2) is 6.63. The number of ether oxygens (including phenoxy) is 1. The summed E-state index contributed by atoms with van der Waals surface area (Å²) < 4.78 is 5.12. The summed E-state index contributed by atoms with van der Waals surface area (Å²) in [5.74, 6) is 0. The first-order valence-corrected chi connectivity index (χ1v) is 6.20. The Morgan fingerprint density at radius 1 is 1.15 bits per heavy atom. The predicted molar refractivity (Wildman–Crippen MR) is 78.5 cm³/mol. The first-order chi connectivity index (χ1) is 9.72. The monoisotopic (exact) mass is 269 g/mol. The highest BCUT2D eigenvalue weighted by molar-refractivity contribution is 5.77. The van der Waals surface area contributed by atoms with Crippen molar-refractivity contribution in [2.24, 2.45) is 0 Å². The Bertz CT molecular complexity index is 621. The first kappa shape index (κ1) is 14.0. The predicted octanol–water partition coefficient (Wildman–Crippen LogP) is 3.61. The van der Waals surface area contributed by atoms with Crippen molar-refractivity contribution >= 4 is 11.8 Å². The average Bonchev–Trinajstić information content (AvgIpc) is 2.47. The number of nitro groups is 1. The van der Waals surface area contributed by atoms with Crippen LogP contribution in [0.15, 0.2) is 54.6 Å². The lowest BCUT2D eigenvalue weighted by atomic mass is 10.0. The van der Waals surface area contributed by atoms with Gasteiger partial charge in [-0.2, -0.15) is 0 Å². The maximum atomic E-state index is 11.3. The quantitative estimate of drug-likeness (QED) is 0.473. The van der Waals surface area contributed by atoms with Crippen molar-refractivity contribution in [2.75, 3.05) is 7.11 Å². The molecule has 0 aromatic heterocycles. The van der Waals surface area contributed by atoms with Gasteiger partial charge in [-0.05, 0) is 23.3 Å². The van der Waals surface area contributed by atoms with Crippen molar-refractivity contribution < 1.29 is 9.66 Å². The minimum absolute atomic E-state index is 0.0779. The molecule has 4 nitrogen and oxygen atoms in total. The molecule has 0 bridgehead atoms. The highest BCUT2D eigenvalue weighted by Crippen LogP contribution is 2.21. The number of methoxy groups -OCH3 is 1. The molecule has 2 rings (SSSR count). The van der Waals surface area contributed by atoms with Gasteiger partial charge in [-0.25, -0.2) is 0 Å². The Morgan fingerprint density at radius 2 is 1.80 bits per heavy atom. The van der Waals surface area contributed by atoms with E-state index in [1.54, 1.807) is 37.5 Å². The van der Waals surface area contributed by atoms with Crippen LogP contribution in [0.2, 0.25) is 0 Å². The van der Waals surface area contributed by atoms with Gasteiger partial charge < -0.3 is 4.74 Å². The molecule has 0 fully saturated rings. The second-order valence-electron chi connectivity index (χ2n) is 4.28. The smallest absolute Gasteiger partial charge is 0.277 e. The van der Waals surface area contributed by atoms with Crippen LogP contribution >= 0.6 is 0 Å². The van der Waals surface area contributed by atoms with Crippen molar-refractivity contribution in [1.29, 1.82) is 0 Å². The van der Waals surface area contributed by atoms with Crippen LogP contribution in [0.5, 0.6) is 0 Å². The molecule has 0 aliphatic carbocycles. The van der Waals surface area contributed by atoms with Crippen molar-refractivity contribution in [1.82, 2.24) is 0 Å². The van der Waals surface area contributed by atoms with Crippen LogP contribution in [0.4, 0.5) is 0 Å². The van der Waals surface area contributed by atoms with E-state index in [0.717, 1.165) is 11.1 Å². The summed E-state index contributed by atoms with van der Waals surface area (Å²) in [6, 6.07) is 16.4. The van der Waals surface area contributed by atoms with E-state index in [1.165, 1.54) is 0 Å². The molecule has 0 spiro atoms. The van der Waals surface area contributed by atoms with Crippen molar-refractivity contribution in [2.45, 2.75) is 6.61 Å². The second-order valence-corrected chi connectivity index (χ2v) is 4.28. The van der Waals surface area contributed by atoms with E-state index in [2.05, 4.69) is 0 Å². The summed E-state index contributed by atoms with van der Waals surface area (Å²) in [6.07, 6.45) is 1.59. The molecule has 0 unspecified atom stereocenters. The van der Waals surface area contributed by atoms with E-state index in [4.69, 9.17) is 4.74 Å². The van der Waals surface area contributed by atoms with Crippen molar-refractivity contribution in [3.8, 4) is 0 Å². The molecule has 2 aromatic carbocycles. The summed E-state index contributed by atoms with van der Waals surface area (Å²) in [5, 5.41) is 11.3. The van der Waals surface area contributed by atoms with E-state index in [-0.39, 0.29) is 10.6 Å². The molecule has 20 heavy (non-hydrogen) atoms. The molecular formula is C16H15NO3. The molecule has 0 saturated carbocycles. The van der Waals surface area contributed by atoms with Gasteiger partial charge in [0.05, 0.1) is 17.1 Å². The van der Waals surface area contributed by atoms with Gasteiger partial charge in [0.2, 0.25) is 0 Å². The minimum atomic E-state index is -0.362. The van der Waals surface area contributed by atoms with Gasteiger partial charge in [0.1, 0.15) is 0 Å². The van der Waals surface area contributed by atoms with Gasteiger partial charge in [0.25, 0.3) is 5.70 Å². The van der Waals surface area contributed by atoms with Crippen LogP contribution < -0.4 is 0 Å². The molecule has 0 N–H and O–H groups in total. The maximum absolute atomic E-state index is 11.3. The largest absolute Gasteiger partial charge is 0.380 e. The fraction of sp³-hybridized carbons (Fsp3) is 0.125. The van der Waals surface area contributed by atoms with Gasteiger partial charge in [-0.15, -0.1) is 0 Å². The molecule has 0 aliphatic heterocycles. The fourth-order valence-corrected chi connectivity index (χ4v) is 1.96. The standard InChI is InChI=1S/C16H15NO3/c1-20-12-15-10-6-5-9-14(15)11-16(17(18)19)13-7-3-2-4-8-13/h2-11H,12H2,1H3. The lowest BCUT2D eigenvalue weighted by molar-refractivity contribution is -0.374. The molecule has 0 atom stereocenters. The van der Waals surface area contributed by atoms with E-state index >= 15 is 0 Å². The molecular weight excluding hydrogens is 254 g/mol. The van der Waals surface area contributed by atoms with E-state index in [0.29, 0.717) is 12.2 Å². The van der Waals surface area contributed by atoms with Gasteiger partial charge in [0, 0.05) is 13.2 Å². The average molecular weight is 269 g/mol. The third-order valence-electron chi connectivity index (χ3n) is 2.91. The minimum Gasteiger partial charge on any atom is -0.380 e. The molecule has 4 heteroatoms.